The minimum Gasteiger partial charge on any atom is -0.478 e. The third-order valence-corrected chi connectivity index (χ3v) is 4.09. The van der Waals surface area contributed by atoms with Gasteiger partial charge in [-0.25, -0.2) is 9.59 Å². The van der Waals surface area contributed by atoms with Gasteiger partial charge < -0.3 is 10.4 Å². The summed E-state index contributed by atoms with van der Waals surface area (Å²) in [7, 11) is 0. The van der Waals surface area contributed by atoms with Gasteiger partial charge in [-0.3, -0.25) is 5.32 Å². The number of benzene rings is 1. The van der Waals surface area contributed by atoms with Crippen molar-refractivity contribution < 1.29 is 14.7 Å². The molecule has 0 bridgehead atoms. The fourth-order valence-electron chi connectivity index (χ4n) is 1.77. The van der Waals surface area contributed by atoms with Crippen LogP contribution in [0.3, 0.4) is 0 Å². The van der Waals surface area contributed by atoms with Crippen LogP contribution in [0.15, 0.2) is 30.3 Å². The Morgan fingerprint density at radius 2 is 1.86 bits per heavy atom. The average Bonchev–Trinajstić information content (AvgIpc) is 2.84. The molecule has 1 aromatic heterocycles. The molecule has 21 heavy (non-hydrogen) atoms. The third-order valence-electron chi connectivity index (χ3n) is 2.90. The van der Waals surface area contributed by atoms with Crippen molar-refractivity contribution in [3.63, 3.8) is 0 Å². The van der Waals surface area contributed by atoms with Crippen molar-refractivity contribution in [2.75, 3.05) is 10.6 Å². The molecule has 0 radical (unpaired) electrons. The first-order chi connectivity index (χ1) is 9.99. The lowest BCUT2D eigenvalue weighted by molar-refractivity contribution is 0.0698. The molecule has 0 aliphatic rings. The van der Waals surface area contributed by atoms with Gasteiger partial charge in [0.25, 0.3) is 0 Å². The molecule has 1 aromatic carbocycles. The highest BCUT2D eigenvalue weighted by molar-refractivity contribution is 7.16. The molecule has 5 nitrogen and oxygen atoms in total. The van der Waals surface area contributed by atoms with E-state index in [1.807, 2.05) is 26.0 Å². The molecule has 2 amide bonds. The predicted octanol–water partition coefficient (Wildman–Crippen LogP) is 3.96. The maximum atomic E-state index is 11.9. The van der Waals surface area contributed by atoms with Crippen molar-refractivity contribution >= 4 is 34.0 Å². The number of nitrogens with one attached hydrogen (secondary N) is 2. The quantitative estimate of drug-likeness (QED) is 0.800. The van der Waals surface area contributed by atoms with Crippen LogP contribution in [0.1, 0.15) is 27.7 Å². The highest BCUT2D eigenvalue weighted by Gasteiger charge is 2.16. The first-order valence-corrected chi connectivity index (χ1v) is 7.32. The summed E-state index contributed by atoms with van der Waals surface area (Å²) in [6, 6.07) is 8.50. The van der Waals surface area contributed by atoms with Crippen molar-refractivity contribution in [1.29, 1.82) is 0 Å². The second-order valence-electron chi connectivity index (χ2n) is 4.56. The van der Waals surface area contributed by atoms with Crippen LogP contribution in [0, 0.1) is 6.92 Å². The number of hydrogen-bond acceptors (Lipinski definition) is 3. The van der Waals surface area contributed by atoms with Crippen LogP contribution in [0.5, 0.6) is 0 Å². The van der Waals surface area contributed by atoms with Gasteiger partial charge in [0.2, 0.25) is 0 Å². The van der Waals surface area contributed by atoms with E-state index in [1.165, 1.54) is 11.3 Å². The summed E-state index contributed by atoms with van der Waals surface area (Å²) in [5.74, 6) is -1.04. The van der Waals surface area contributed by atoms with E-state index < -0.39 is 12.0 Å². The number of thiophene rings is 1. The van der Waals surface area contributed by atoms with Crippen LogP contribution >= 0.6 is 11.3 Å². The number of aryl methyl sites for hydroxylation is 2. The Kier molecular flexibility index (Phi) is 4.59. The molecule has 0 aliphatic heterocycles. The highest BCUT2D eigenvalue weighted by atomic mass is 32.1. The van der Waals surface area contributed by atoms with Crippen LogP contribution in [0.25, 0.3) is 0 Å². The zero-order valence-corrected chi connectivity index (χ0v) is 12.6. The fraction of sp³-hybridized carbons (Fsp3) is 0.200. The van der Waals surface area contributed by atoms with Crippen LogP contribution in [-0.4, -0.2) is 17.1 Å². The van der Waals surface area contributed by atoms with Crippen LogP contribution in [-0.2, 0) is 6.42 Å². The number of carboxylic acid groups (broad SMARTS) is 1. The summed E-state index contributed by atoms with van der Waals surface area (Å²) in [5, 5.41) is 14.8. The molecule has 0 spiro atoms. The van der Waals surface area contributed by atoms with E-state index in [4.69, 9.17) is 5.11 Å². The van der Waals surface area contributed by atoms with E-state index in [0.717, 1.165) is 16.9 Å². The molecule has 110 valence electrons. The maximum absolute atomic E-state index is 11.9. The Balaban J connectivity index is 2.10. The van der Waals surface area contributed by atoms with E-state index >= 15 is 0 Å². The van der Waals surface area contributed by atoms with Crippen LogP contribution in [0.4, 0.5) is 15.5 Å². The summed E-state index contributed by atoms with van der Waals surface area (Å²) in [6.45, 7) is 3.90. The second-order valence-corrected chi connectivity index (χ2v) is 5.70. The predicted molar refractivity (Wildman–Crippen MR) is 84.5 cm³/mol. The van der Waals surface area contributed by atoms with E-state index in [0.29, 0.717) is 10.7 Å². The normalized spacial score (nSPS) is 10.2. The smallest absolute Gasteiger partial charge is 0.338 e. The number of carbonyl (C=O) groups is 2. The van der Waals surface area contributed by atoms with Gasteiger partial charge >= 0.3 is 12.0 Å². The first kappa shape index (κ1) is 15.1. The zero-order valence-electron chi connectivity index (χ0n) is 11.8. The molecule has 6 heteroatoms. The SMILES string of the molecule is CCc1cc(C(=O)O)c(NC(=O)Nc2ccc(C)cc2)s1. The zero-order chi connectivity index (χ0) is 15.4. The molecule has 0 atom stereocenters. The highest BCUT2D eigenvalue weighted by Crippen LogP contribution is 2.28. The number of urea groups is 1. The molecule has 0 saturated carbocycles. The lowest BCUT2D eigenvalue weighted by atomic mass is 10.2. The Labute approximate surface area is 126 Å². The number of carboxylic acids is 1. The molecule has 2 aromatic rings. The molecule has 0 saturated heterocycles. The van der Waals surface area contributed by atoms with Crippen molar-refractivity contribution in [3.8, 4) is 0 Å². The van der Waals surface area contributed by atoms with Gasteiger partial charge in [0.1, 0.15) is 5.00 Å². The number of anilines is 2. The van der Waals surface area contributed by atoms with Gasteiger partial charge in [0.15, 0.2) is 0 Å². The monoisotopic (exact) mass is 304 g/mol. The minimum absolute atomic E-state index is 0.121. The van der Waals surface area contributed by atoms with Gasteiger partial charge in [-0.05, 0) is 31.5 Å². The Morgan fingerprint density at radius 1 is 1.19 bits per heavy atom. The minimum atomic E-state index is -1.04. The molecule has 2 rings (SSSR count). The lowest BCUT2D eigenvalue weighted by Gasteiger charge is -2.07. The average molecular weight is 304 g/mol. The standard InChI is InChI=1S/C15H16N2O3S/c1-3-11-8-12(14(18)19)13(21-11)17-15(20)16-10-6-4-9(2)5-7-10/h4-8H,3H2,1-2H3,(H,18,19)(H2,16,17,20). The van der Waals surface area contributed by atoms with Gasteiger partial charge in [-0.2, -0.15) is 0 Å². The van der Waals surface area contributed by atoms with Gasteiger partial charge in [-0.1, -0.05) is 24.6 Å². The summed E-state index contributed by atoms with van der Waals surface area (Å²) >= 11 is 1.28. The summed E-state index contributed by atoms with van der Waals surface area (Å²) < 4.78 is 0. The number of hydrogen-bond donors (Lipinski definition) is 3. The number of rotatable bonds is 4. The van der Waals surface area contributed by atoms with Gasteiger partial charge in [0, 0.05) is 10.6 Å². The summed E-state index contributed by atoms with van der Waals surface area (Å²) in [4.78, 5) is 24.0. The Morgan fingerprint density at radius 3 is 2.43 bits per heavy atom. The van der Waals surface area contributed by atoms with Crippen LogP contribution in [0.2, 0.25) is 0 Å². The fourth-order valence-corrected chi connectivity index (χ4v) is 2.75. The molecule has 1 heterocycles. The van der Waals surface area contributed by atoms with Crippen molar-refractivity contribution in [2.45, 2.75) is 20.3 Å². The van der Waals surface area contributed by atoms with Crippen molar-refractivity contribution in [2.24, 2.45) is 0 Å². The maximum Gasteiger partial charge on any atom is 0.338 e. The van der Waals surface area contributed by atoms with Crippen molar-refractivity contribution in [3.05, 3.63) is 46.3 Å². The summed E-state index contributed by atoms with van der Waals surface area (Å²) in [5.41, 5.74) is 1.87. The molecule has 0 unspecified atom stereocenters. The third kappa shape index (κ3) is 3.82. The van der Waals surface area contributed by atoms with E-state index in [-0.39, 0.29) is 5.56 Å². The van der Waals surface area contributed by atoms with Crippen LogP contribution < -0.4 is 10.6 Å². The number of carbonyl (C=O) groups excluding carboxylic acids is 1. The van der Waals surface area contributed by atoms with E-state index in [1.54, 1.807) is 18.2 Å². The Bertz CT molecular complexity index is 662. The largest absolute Gasteiger partial charge is 0.478 e. The number of aromatic carboxylic acids is 1. The molecule has 0 aliphatic carbocycles. The Hall–Kier alpha value is -2.34. The van der Waals surface area contributed by atoms with Gasteiger partial charge in [0.05, 0.1) is 5.56 Å². The van der Waals surface area contributed by atoms with E-state index in [2.05, 4.69) is 10.6 Å². The first-order valence-electron chi connectivity index (χ1n) is 6.50. The van der Waals surface area contributed by atoms with E-state index in [9.17, 15) is 9.59 Å². The van der Waals surface area contributed by atoms with Crippen molar-refractivity contribution in [1.82, 2.24) is 0 Å². The topological polar surface area (TPSA) is 78.4 Å². The van der Waals surface area contributed by atoms with Gasteiger partial charge in [-0.15, -0.1) is 11.3 Å². The molecular formula is C15H16N2O3S. The molecular weight excluding hydrogens is 288 g/mol. The lowest BCUT2D eigenvalue weighted by Crippen LogP contribution is -2.19. The number of amides is 2. The summed E-state index contributed by atoms with van der Waals surface area (Å²) in [6.07, 6.45) is 0.728. The second kappa shape index (κ2) is 6.41. The molecule has 3 N–H and O–H groups in total. The molecule has 0 fully saturated rings.